The molecule has 1 aromatic heterocycles. The fraction of sp³-hybridized carbons (Fsp3) is 0.333. The standard InChI is InChI=1S/C18H18N4O4/c1-11-6-19-22(7-11)8-12-2-4-13(5-3-12)17(23)21-9-14-15(10-21)26-20-16(14)18(24)25/h2-7,14-15H,8-10H2,1H3,(H,24,25)/t14-,15+/m1/s1. The highest BCUT2D eigenvalue weighted by Crippen LogP contribution is 2.28. The summed E-state index contributed by atoms with van der Waals surface area (Å²) in [6.45, 7) is 3.28. The predicted octanol–water partition coefficient (Wildman–Crippen LogP) is 1.15. The van der Waals surface area contributed by atoms with Crippen molar-refractivity contribution in [3.8, 4) is 0 Å². The van der Waals surface area contributed by atoms with Gasteiger partial charge in [-0.05, 0) is 30.2 Å². The van der Waals surface area contributed by atoms with Gasteiger partial charge in [0.15, 0.2) is 11.8 Å². The van der Waals surface area contributed by atoms with Crippen LogP contribution in [0.1, 0.15) is 21.5 Å². The lowest BCUT2D eigenvalue weighted by Gasteiger charge is -2.16. The van der Waals surface area contributed by atoms with E-state index in [4.69, 9.17) is 9.94 Å². The molecule has 2 aliphatic heterocycles. The molecule has 2 aromatic rings. The maximum absolute atomic E-state index is 12.7. The fourth-order valence-corrected chi connectivity index (χ4v) is 3.37. The molecule has 134 valence electrons. The summed E-state index contributed by atoms with van der Waals surface area (Å²) in [5, 5.41) is 17.0. The number of aliphatic carboxylic acids is 1. The number of likely N-dealkylation sites (tertiary alicyclic amines) is 1. The third-order valence-corrected chi connectivity index (χ3v) is 4.72. The molecule has 4 rings (SSSR count). The van der Waals surface area contributed by atoms with Crippen LogP contribution in [-0.4, -0.2) is 56.6 Å². The fourth-order valence-electron chi connectivity index (χ4n) is 3.37. The Morgan fingerprint density at radius 2 is 2.04 bits per heavy atom. The summed E-state index contributed by atoms with van der Waals surface area (Å²) in [6.07, 6.45) is 3.40. The van der Waals surface area contributed by atoms with Crippen LogP contribution in [0, 0.1) is 12.8 Å². The van der Waals surface area contributed by atoms with Gasteiger partial charge in [0, 0.05) is 18.3 Å². The third kappa shape index (κ3) is 2.94. The molecule has 1 fully saturated rings. The first kappa shape index (κ1) is 16.3. The molecule has 0 radical (unpaired) electrons. The molecular weight excluding hydrogens is 336 g/mol. The first-order chi connectivity index (χ1) is 12.5. The van der Waals surface area contributed by atoms with Gasteiger partial charge in [-0.15, -0.1) is 0 Å². The number of fused-ring (bicyclic) bond motifs is 1. The summed E-state index contributed by atoms with van der Waals surface area (Å²) >= 11 is 0. The highest BCUT2D eigenvalue weighted by molar-refractivity contribution is 6.37. The number of hydrogen-bond donors (Lipinski definition) is 1. The van der Waals surface area contributed by atoms with Gasteiger partial charge >= 0.3 is 5.97 Å². The number of aromatic nitrogens is 2. The van der Waals surface area contributed by atoms with Gasteiger partial charge in [0.1, 0.15) is 0 Å². The van der Waals surface area contributed by atoms with Crippen molar-refractivity contribution in [2.75, 3.05) is 13.1 Å². The number of oxime groups is 1. The van der Waals surface area contributed by atoms with Crippen LogP contribution in [0.25, 0.3) is 0 Å². The van der Waals surface area contributed by atoms with E-state index in [0.717, 1.165) is 11.1 Å². The molecule has 0 bridgehead atoms. The number of amides is 1. The lowest BCUT2D eigenvalue weighted by atomic mass is 10.0. The SMILES string of the molecule is Cc1cnn(Cc2ccc(C(=O)N3C[C@@H]4ON=C(C(=O)O)[C@@H]4C3)cc2)c1. The van der Waals surface area contributed by atoms with Crippen LogP contribution in [0.15, 0.2) is 41.8 Å². The van der Waals surface area contributed by atoms with E-state index >= 15 is 0 Å². The molecule has 8 heteroatoms. The second kappa shape index (κ2) is 6.29. The van der Waals surface area contributed by atoms with Crippen molar-refractivity contribution < 1.29 is 19.5 Å². The van der Waals surface area contributed by atoms with Gasteiger partial charge in [0.05, 0.1) is 25.2 Å². The van der Waals surface area contributed by atoms with Gasteiger partial charge in [-0.2, -0.15) is 5.10 Å². The number of rotatable bonds is 4. The van der Waals surface area contributed by atoms with Crippen molar-refractivity contribution in [2.45, 2.75) is 19.6 Å². The molecular formula is C18H18N4O4. The first-order valence-electron chi connectivity index (χ1n) is 8.35. The van der Waals surface area contributed by atoms with Crippen molar-refractivity contribution >= 4 is 17.6 Å². The van der Waals surface area contributed by atoms with Crippen molar-refractivity contribution in [3.63, 3.8) is 0 Å². The number of carboxylic acids is 1. The van der Waals surface area contributed by atoms with Crippen LogP contribution in [0.5, 0.6) is 0 Å². The summed E-state index contributed by atoms with van der Waals surface area (Å²) in [6, 6.07) is 7.38. The van der Waals surface area contributed by atoms with Crippen molar-refractivity contribution in [3.05, 3.63) is 53.3 Å². The molecule has 3 heterocycles. The van der Waals surface area contributed by atoms with Gasteiger partial charge in [0.25, 0.3) is 5.91 Å². The van der Waals surface area contributed by atoms with Gasteiger partial charge < -0.3 is 14.8 Å². The molecule has 8 nitrogen and oxygen atoms in total. The second-order valence-electron chi connectivity index (χ2n) is 6.65. The van der Waals surface area contributed by atoms with Crippen LogP contribution < -0.4 is 0 Å². The predicted molar refractivity (Wildman–Crippen MR) is 91.8 cm³/mol. The van der Waals surface area contributed by atoms with E-state index in [0.29, 0.717) is 25.2 Å². The summed E-state index contributed by atoms with van der Waals surface area (Å²) in [4.78, 5) is 30.6. The Hall–Kier alpha value is -3.16. The van der Waals surface area contributed by atoms with Gasteiger partial charge in [-0.1, -0.05) is 17.3 Å². The number of aryl methyl sites for hydroxylation is 1. The maximum Gasteiger partial charge on any atom is 0.354 e. The highest BCUT2D eigenvalue weighted by Gasteiger charge is 2.46. The molecule has 2 aliphatic rings. The van der Waals surface area contributed by atoms with Crippen molar-refractivity contribution in [2.24, 2.45) is 11.1 Å². The van der Waals surface area contributed by atoms with Crippen LogP contribution >= 0.6 is 0 Å². The van der Waals surface area contributed by atoms with Crippen molar-refractivity contribution in [1.82, 2.24) is 14.7 Å². The average molecular weight is 354 g/mol. The van der Waals surface area contributed by atoms with E-state index in [1.54, 1.807) is 23.2 Å². The Kier molecular flexibility index (Phi) is 3.95. The zero-order valence-electron chi connectivity index (χ0n) is 14.2. The summed E-state index contributed by atoms with van der Waals surface area (Å²) in [7, 11) is 0. The first-order valence-corrected chi connectivity index (χ1v) is 8.35. The molecule has 1 aromatic carbocycles. The van der Waals surface area contributed by atoms with E-state index in [9.17, 15) is 9.59 Å². The smallest absolute Gasteiger partial charge is 0.354 e. The number of carbonyl (C=O) groups is 2. The minimum atomic E-state index is -1.09. The maximum atomic E-state index is 12.7. The zero-order chi connectivity index (χ0) is 18.3. The molecule has 0 aliphatic carbocycles. The Morgan fingerprint density at radius 1 is 1.27 bits per heavy atom. The number of hydrogen-bond acceptors (Lipinski definition) is 5. The van der Waals surface area contributed by atoms with Gasteiger partial charge in [0.2, 0.25) is 0 Å². The molecule has 0 unspecified atom stereocenters. The Morgan fingerprint density at radius 3 is 2.69 bits per heavy atom. The molecule has 26 heavy (non-hydrogen) atoms. The summed E-state index contributed by atoms with van der Waals surface area (Å²) < 4.78 is 1.85. The minimum absolute atomic E-state index is 0.00448. The number of carbonyl (C=O) groups excluding carboxylic acids is 1. The lowest BCUT2D eigenvalue weighted by Crippen LogP contribution is -2.31. The van der Waals surface area contributed by atoms with Crippen LogP contribution in [0.3, 0.4) is 0 Å². The minimum Gasteiger partial charge on any atom is -0.477 e. The summed E-state index contributed by atoms with van der Waals surface area (Å²) in [5.74, 6) is -1.59. The van der Waals surface area contributed by atoms with E-state index in [1.807, 2.05) is 29.9 Å². The van der Waals surface area contributed by atoms with Crippen LogP contribution in [0.2, 0.25) is 0 Å². The van der Waals surface area contributed by atoms with Crippen LogP contribution in [-0.2, 0) is 16.2 Å². The third-order valence-electron chi connectivity index (χ3n) is 4.72. The normalized spacial score (nSPS) is 21.3. The number of nitrogens with zero attached hydrogens (tertiary/aromatic N) is 4. The zero-order valence-corrected chi connectivity index (χ0v) is 14.2. The quantitative estimate of drug-likeness (QED) is 0.888. The lowest BCUT2D eigenvalue weighted by molar-refractivity contribution is -0.129. The monoisotopic (exact) mass is 354 g/mol. The molecule has 1 amide bonds. The molecule has 0 saturated carbocycles. The molecule has 0 spiro atoms. The second-order valence-corrected chi connectivity index (χ2v) is 6.65. The summed E-state index contributed by atoms with van der Waals surface area (Å²) in [5.41, 5.74) is 2.71. The van der Waals surface area contributed by atoms with E-state index < -0.39 is 5.97 Å². The Balaban J connectivity index is 1.43. The van der Waals surface area contributed by atoms with E-state index in [-0.39, 0.29) is 23.6 Å². The van der Waals surface area contributed by atoms with Crippen molar-refractivity contribution in [1.29, 1.82) is 0 Å². The van der Waals surface area contributed by atoms with Gasteiger partial charge in [-0.3, -0.25) is 9.48 Å². The highest BCUT2D eigenvalue weighted by atomic mass is 16.6. The van der Waals surface area contributed by atoms with Gasteiger partial charge in [-0.25, -0.2) is 4.79 Å². The average Bonchev–Trinajstić information content (AvgIpc) is 3.30. The van der Waals surface area contributed by atoms with Crippen LogP contribution in [0.4, 0.5) is 0 Å². The molecule has 2 atom stereocenters. The topological polar surface area (TPSA) is 97.0 Å². The molecule has 1 N–H and O–H groups in total. The number of benzene rings is 1. The van der Waals surface area contributed by atoms with E-state index in [2.05, 4.69) is 10.3 Å². The number of carboxylic acid groups (broad SMARTS) is 1. The Labute approximate surface area is 149 Å². The largest absolute Gasteiger partial charge is 0.477 e. The molecule has 1 saturated heterocycles. The van der Waals surface area contributed by atoms with E-state index in [1.165, 1.54) is 0 Å². The Bertz CT molecular complexity index is 887.